The van der Waals surface area contributed by atoms with Gasteiger partial charge in [-0.2, -0.15) is 0 Å². The van der Waals surface area contributed by atoms with Crippen molar-refractivity contribution in [1.29, 1.82) is 0 Å². The number of hydrazine groups is 1. The third kappa shape index (κ3) is 2.80. The van der Waals surface area contributed by atoms with Crippen LogP contribution in [0.5, 0.6) is 0 Å². The minimum absolute atomic E-state index is 0.193. The number of halogens is 2. The Hall–Kier alpha value is -1.46. The van der Waals surface area contributed by atoms with E-state index in [1.807, 2.05) is 17.5 Å². The van der Waals surface area contributed by atoms with Gasteiger partial charge < -0.3 is 0 Å². The molecular weight excluding hydrogens is 307 g/mol. The number of hydrogen-bond donors (Lipinski definition) is 2. The second kappa shape index (κ2) is 6.12. The first-order chi connectivity index (χ1) is 10.2. The summed E-state index contributed by atoms with van der Waals surface area (Å²) in [6, 6.07) is 12.6. The van der Waals surface area contributed by atoms with Crippen molar-refractivity contribution in [2.24, 2.45) is 5.84 Å². The Kier molecular flexibility index (Phi) is 4.22. The molecule has 108 valence electrons. The number of nitrogens with two attached hydrogens (primary N) is 1. The lowest BCUT2D eigenvalue weighted by atomic mass is 9.98. The molecule has 0 spiro atoms. The summed E-state index contributed by atoms with van der Waals surface area (Å²) < 4.78 is 15.1. The van der Waals surface area contributed by atoms with E-state index in [9.17, 15) is 4.39 Å². The van der Waals surface area contributed by atoms with Crippen LogP contribution in [0.1, 0.15) is 17.2 Å². The lowest BCUT2D eigenvalue weighted by Crippen LogP contribution is -2.30. The molecule has 0 aliphatic heterocycles. The monoisotopic (exact) mass is 320 g/mol. The Balaban J connectivity index is 2.01. The minimum atomic E-state index is -0.305. The second-order valence-electron chi connectivity index (χ2n) is 4.81. The molecule has 21 heavy (non-hydrogen) atoms. The normalized spacial score (nSPS) is 12.7. The van der Waals surface area contributed by atoms with Crippen LogP contribution in [0.4, 0.5) is 4.39 Å². The van der Waals surface area contributed by atoms with E-state index in [0.29, 0.717) is 17.0 Å². The molecule has 0 amide bonds. The maximum Gasteiger partial charge on any atom is 0.127 e. The molecule has 0 aliphatic rings. The van der Waals surface area contributed by atoms with Gasteiger partial charge in [0.15, 0.2) is 0 Å². The summed E-state index contributed by atoms with van der Waals surface area (Å²) in [5.41, 5.74) is 4.33. The highest BCUT2D eigenvalue weighted by Crippen LogP contribution is 2.32. The van der Waals surface area contributed by atoms with E-state index in [2.05, 4.69) is 17.6 Å². The Morgan fingerprint density at radius 3 is 2.76 bits per heavy atom. The van der Waals surface area contributed by atoms with Crippen molar-refractivity contribution in [2.75, 3.05) is 0 Å². The van der Waals surface area contributed by atoms with Gasteiger partial charge in [-0.1, -0.05) is 35.9 Å². The van der Waals surface area contributed by atoms with Gasteiger partial charge in [0, 0.05) is 15.3 Å². The summed E-state index contributed by atoms with van der Waals surface area (Å²) in [5, 5.41) is 3.63. The molecule has 3 N–H and O–H groups in total. The van der Waals surface area contributed by atoms with Gasteiger partial charge in [-0.15, -0.1) is 11.3 Å². The van der Waals surface area contributed by atoms with Crippen LogP contribution in [-0.2, 0) is 6.42 Å². The second-order valence-corrected chi connectivity index (χ2v) is 6.13. The van der Waals surface area contributed by atoms with Crippen LogP contribution < -0.4 is 11.3 Å². The molecule has 3 rings (SSSR count). The van der Waals surface area contributed by atoms with Crippen molar-refractivity contribution in [3.63, 3.8) is 0 Å². The van der Waals surface area contributed by atoms with Gasteiger partial charge in [0.2, 0.25) is 0 Å². The van der Waals surface area contributed by atoms with Crippen molar-refractivity contribution >= 4 is 33.0 Å². The Bertz CT molecular complexity index is 752. The number of nitrogens with one attached hydrogen (secondary N) is 1. The smallest absolute Gasteiger partial charge is 0.127 e. The number of thiophene rings is 1. The molecular formula is C16H14ClFN2S. The van der Waals surface area contributed by atoms with Gasteiger partial charge in [-0.25, -0.2) is 4.39 Å². The van der Waals surface area contributed by atoms with Gasteiger partial charge in [-0.05, 0) is 40.9 Å². The van der Waals surface area contributed by atoms with E-state index >= 15 is 0 Å². The predicted molar refractivity (Wildman–Crippen MR) is 87.0 cm³/mol. The minimum Gasteiger partial charge on any atom is -0.271 e. The first-order valence-corrected chi connectivity index (χ1v) is 7.81. The van der Waals surface area contributed by atoms with Crippen LogP contribution in [0, 0.1) is 5.82 Å². The molecule has 1 heterocycles. The van der Waals surface area contributed by atoms with Crippen LogP contribution in [0.2, 0.25) is 5.02 Å². The van der Waals surface area contributed by atoms with Gasteiger partial charge >= 0.3 is 0 Å². The Morgan fingerprint density at radius 2 is 2.00 bits per heavy atom. The van der Waals surface area contributed by atoms with E-state index in [4.69, 9.17) is 17.4 Å². The Morgan fingerprint density at radius 1 is 1.19 bits per heavy atom. The summed E-state index contributed by atoms with van der Waals surface area (Å²) >= 11 is 7.76. The third-order valence-electron chi connectivity index (χ3n) is 3.56. The van der Waals surface area contributed by atoms with Crippen LogP contribution in [0.25, 0.3) is 10.1 Å². The van der Waals surface area contributed by atoms with E-state index in [1.165, 1.54) is 6.07 Å². The van der Waals surface area contributed by atoms with Crippen molar-refractivity contribution in [1.82, 2.24) is 5.43 Å². The van der Waals surface area contributed by atoms with Crippen LogP contribution >= 0.6 is 22.9 Å². The number of hydrogen-bond acceptors (Lipinski definition) is 3. The molecule has 0 saturated carbocycles. The van der Waals surface area contributed by atoms with Gasteiger partial charge in [0.25, 0.3) is 0 Å². The highest BCUT2D eigenvalue weighted by atomic mass is 35.5. The topological polar surface area (TPSA) is 38.0 Å². The molecule has 2 aromatic carbocycles. The first kappa shape index (κ1) is 14.5. The molecule has 1 unspecified atom stereocenters. The molecule has 2 nitrogen and oxygen atoms in total. The average molecular weight is 321 g/mol. The number of benzene rings is 2. The van der Waals surface area contributed by atoms with E-state index in [-0.39, 0.29) is 11.9 Å². The van der Waals surface area contributed by atoms with Crippen molar-refractivity contribution in [3.8, 4) is 0 Å². The fraction of sp³-hybridized carbons (Fsp3) is 0.125. The predicted octanol–water partition coefficient (Wildman–Crippen LogP) is 4.44. The third-order valence-corrected chi connectivity index (χ3v) is 4.89. The molecule has 0 radical (unpaired) electrons. The van der Waals surface area contributed by atoms with Gasteiger partial charge in [-0.3, -0.25) is 11.3 Å². The Labute approximate surface area is 131 Å². The SMILES string of the molecule is NNC(Cc1c(F)cccc1Cl)c1cccc2ccsc12. The molecule has 0 bridgehead atoms. The van der Waals surface area contributed by atoms with E-state index < -0.39 is 0 Å². The lowest BCUT2D eigenvalue weighted by molar-refractivity contribution is 0.532. The average Bonchev–Trinajstić information content (AvgIpc) is 2.96. The first-order valence-electron chi connectivity index (χ1n) is 6.56. The lowest BCUT2D eigenvalue weighted by Gasteiger charge is -2.18. The highest BCUT2D eigenvalue weighted by molar-refractivity contribution is 7.17. The largest absolute Gasteiger partial charge is 0.271 e. The number of rotatable bonds is 4. The molecule has 1 atom stereocenters. The fourth-order valence-corrected chi connectivity index (χ4v) is 3.69. The van der Waals surface area contributed by atoms with Crippen LogP contribution in [-0.4, -0.2) is 0 Å². The standard InChI is InChI=1S/C16H14ClFN2S/c17-13-5-2-6-14(18)12(13)9-15(20-19)11-4-1-3-10-7-8-21-16(10)11/h1-8,15,20H,9,19H2. The molecule has 0 saturated heterocycles. The maximum absolute atomic E-state index is 14.0. The molecule has 0 fully saturated rings. The summed E-state index contributed by atoms with van der Waals surface area (Å²) in [4.78, 5) is 0. The highest BCUT2D eigenvalue weighted by Gasteiger charge is 2.18. The zero-order valence-electron chi connectivity index (χ0n) is 11.1. The molecule has 5 heteroatoms. The molecule has 0 aliphatic carbocycles. The summed E-state index contributed by atoms with van der Waals surface area (Å²) in [6.07, 6.45) is 0.402. The number of fused-ring (bicyclic) bond motifs is 1. The maximum atomic E-state index is 14.0. The molecule has 1 aromatic heterocycles. The van der Waals surface area contributed by atoms with Gasteiger partial charge in [0.1, 0.15) is 5.82 Å². The zero-order valence-corrected chi connectivity index (χ0v) is 12.7. The van der Waals surface area contributed by atoms with E-state index in [0.717, 1.165) is 15.6 Å². The van der Waals surface area contributed by atoms with Crippen molar-refractivity contribution < 1.29 is 4.39 Å². The fourth-order valence-electron chi connectivity index (χ4n) is 2.48. The van der Waals surface area contributed by atoms with Crippen molar-refractivity contribution in [3.05, 3.63) is 69.8 Å². The van der Waals surface area contributed by atoms with Gasteiger partial charge in [0.05, 0.1) is 6.04 Å². The molecule has 3 aromatic rings. The van der Waals surface area contributed by atoms with Crippen LogP contribution in [0.3, 0.4) is 0 Å². The van der Waals surface area contributed by atoms with E-state index in [1.54, 1.807) is 23.5 Å². The summed E-state index contributed by atoms with van der Waals surface area (Å²) in [6.45, 7) is 0. The summed E-state index contributed by atoms with van der Waals surface area (Å²) in [7, 11) is 0. The summed E-state index contributed by atoms with van der Waals surface area (Å²) in [5.74, 6) is 5.40. The quantitative estimate of drug-likeness (QED) is 0.551. The zero-order chi connectivity index (χ0) is 14.8. The van der Waals surface area contributed by atoms with Crippen molar-refractivity contribution in [2.45, 2.75) is 12.5 Å². The van der Waals surface area contributed by atoms with Crippen LogP contribution in [0.15, 0.2) is 47.8 Å².